The molecule has 0 bridgehead atoms. The van der Waals surface area contributed by atoms with Crippen molar-refractivity contribution in [3.63, 3.8) is 0 Å². The molecule has 0 spiro atoms. The van der Waals surface area contributed by atoms with Crippen molar-refractivity contribution in [3.8, 4) is 6.07 Å². The summed E-state index contributed by atoms with van der Waals surface area (Å²) in [6, 6.07) is 16.1. The molecule has 0 aliphatic carbocycles. The summed E-state index contributed by atoms with van der Waals surface area (Å²) in [6.07, 6.45) is 0.993. The summed E-state index contributed by atoms with van der Waals surface area (Å²) in [5, 5.41) is 11.9. The Balaban J connectivity index is 1.50. The number of piperidine rings is 1. The second-order valence-electron chi connectivity index (χ2n) is 7.97. The lowest BCUT2D eigenvalue weighted by Gasteiger charge is -2.31. The van der Waals surface area contributed by atoms with Gasteiger partial charge in [-0.2, -0.15) is 9.57 Å². The molecule has 2 aromatic carbocycles. The molecule has 1 aliphatic rings. The predicted molar refractivity (Wildman–Crippen MR) is 125 cm³/mol. The summed E-state index contributed by atoms with van der Waals surface area (Å²) in [4.78, 5) is 15.1. The molecule has 0 radical (unpaired) electrons. The van der Waals surface area contributed by atoms with Crippen LogP contribution in [0.5, 0.6) is 0 Å². The van der Waals surface area contributed by atoms with Crippen LogP contribution in [0.15, 0.2) is 53.4 Å². The summed E-state index contributed by atoms with van der Waals surface area (Å²) in [5.74, 6) is -0.197. The Morgan fingerprint density at radius 2 is 1.81 bits per heavy atom. The number of benzene rings is 2. The van der Waals surface area contributed by atoms with Crippen molar-refractivity contribution >= 4 is 21.6 Å². The van der Waals surface area contributed by atoms with Crippen LogP contribution in [0.25, 0.3) is 0 Å². The molecule has 170 valence electrons. The van der Waals surface area contributed by atoms with E-state index in [0.29, 0.717) is 38.0 Å². The lowest BCUT2D eigenvalue weighted by Crippen LogP contribution is -2.44. The first-order chi connectivity index (χ1) is 15.4. The number of nitrogens with one attached hydrogen (secondary N) is 1. The standard InChI is InChI=1S/C24H30N4O3S/c1-3-27(23-7-5-4-6-19(23)2)17-14-26-24(29)21-12-15-28(16-13-21)32(30,31)22-10-8-20(18-25)9-11-22/h4-11,21H,3,12-17H2,1-2H3,(H,26,29). The highest BCUT2D eigenvalue weighted by atomic mass is 32.2. The van der Waals surface area contributed by atoms with E-state index in [1.165, 1.54) is 39.8 Å². The van der Waals surface area contributed by atoms with Crippen molar-refractivity contribution in [2.45, 2.75) is 31.6 Å². The van der Waals surface area contributed by atoms with Crippen LogP contribution in [0.2, 0.25) is 0 Å². The Bertz CT molecular complexity index is 1070. The van der Waals surface area contributed by atoms with Gasteiger partial charge in [-0.15, -0.1) is 0 Å². The number of anilines is 1. The Hall–Kier alpha value is -2.89. The molecule has 1 amide bonds. The molecule has 1 N–H and O–H groups in total. The number of carbonyl (C=O) groups is 1. The van der Waals surface area contributed by atoms with Gasteiger partial charge in [0.15, 0.2) is 0 Å². The van der Waals surface area contributed by atoms with Crippen LogP contribution in [0.4, 0.5) is 5.69 Å². The molecule has 0 atom stereocenters. The van der Waals surface area contributed by atoms with Crippen molar-refractivity contribution in [1.29, 1.82) is 5.26 Å². The monoisotopic (exact) mass is 454 g/mol. The maximum atomic E-state index is 12.8. The highest BCUT2D eigenvalue weighted by molar-refractivity contribution is 7.89. The molecule has 1 fully saturated rings. The number of likely N-dealkylation sites (N-methyl/N-ethyl adjacent to an activating group) is 1. The van der Waals surface area contributed by atoms with Crippen LogP contribution in [0, 0.1) is 24.2 Å². The number of hydrogen-bond donors (Lipinski definition) is 1. The van der Waals surface area contributed by atoms with Crippen molar-refractivity contribution in [1.82, 2.24) is 9.62 Å². The largest absolute Gasteiger partial charge is 0.370 e. The number of rotatable bonds is 8. The van der Waals surface area contributed by atoms with Gasteiger partial charge in [0, 0.05) is 44.3 Å². The minimum atomic E-state index is -3.62. The van der Waals surface area contributed by atoms with E-state index >= 15 is 0 Å². The van der Waals surface area contributed by atoms with E-state index in [1.54, 1.807) is 0 Å². The predicted octanol–water partition coefficient (Wildman–Crippen LogP) is 2.91. The molecule has 32 heavy (non-hydrogen) atoms. The number of carbonyl (C=O) groups excluding carboxylic acids is 1. The van der Waals surface area contributed by atoms with Gasteiger partial charge in [-0.05, 0) is 62.6 Å². The molecule has 2 aromatic rings. The lowest BCUT2D eigenvalue weighted by atomic mass is 9.97. The van der Waals surface area contributed by atoms with Crippen LogP contribution in [-0.4, -0.2) is 51.4 Å². The minimum absolute atomic E-state index is 0.0127. The van der Waals surface area contributed by atoms with Gasteiger partial charge in [-0.25, -0.2) is 8.42 Å². The van der Waals surface area contributed by atoms with E-state index < -0.39 is 10.0 Å². The highest BCUT2D eigenvalue weighted by Gasteiger charge is 2.32. The van der Waals surface area contributed by atoms with Crippen molar-refractivity contribution in [3.05, 3.63) is 59.7 Å². The summed E-state index contributed by atoms with van der Waals surface area (Å²) in [5.41, 5.74) is 2.80. The van der Waals surface area contributed by atoms with E-state index in [2.05, 4.69) is 36.2 Å². The molecule has 0 saturated carbocycles. The first kappa shape index (κ1) is 23.8. The Morgan fingerprint density at radius 3 is 2.41 bits per heavy atom. The smallest absolute Gasteiger partial charge is 0.243 e. The van der Waals surface area contributed by atoms with Gasteiger partial charge in [0.05, 0.1) is 16.5 Å². The molecular formula is C24H30N4O3S. The van der Waals surface area contributed by atoms with Crippen LogP contribution >= 0.6 is 0 Å². The topological polar surface area (TPSA) is 93.5 Å². The van der Waals surface area contributed by atoms with Crippen LogP contribution in [-0.2, 0) is 14.8 Å². The Kier molecular flexibility index (Phi) is 7.89. The minimum Gasteiger partial charge on any atom is -0.370 e. The summed E-state index contributed by atoms with van der Waals surface area (Å²) < 4.78 is 27.1. The summed E-state index contributed by atoms with van der Waals surface area (Å²) in [6.45, 7) is 6.92. The number of hydrogen-bond acceptors (Lipinski definition) is 5. The quantitative estimate of drug-likeness (QED) is 0.662. The average molecular weight is 455 g/mol. The Labute approximate surface area is 190 Å². The van der Waals surface area contributed by atoms with E-state index in [-0.39, 0.29) is 16.7 Å². The van der Waals surface area contributed by atoms with Gasteiger partial charge in [0.2, 0.25) is 15.9 Å². The van der Waals surface area contributed by atoms with Crippen molar-refractivity contribution < 1.29 is 13.2 Å². The van der Waals surface area contributed by atoms with Gasteiger partial charge in [0.1, 0.15) is 0 Å². The van der Waals surface area contributed by atoms with E-state index in [4.69, 9.17) is 5.26 Å². The molecule has 1 saturated heterocycles. The molecule has 7 nitrogen and oxygen atoms in total. The third kappa shape index (κ3) is 5.47. The average Bonchev–Trinajstić information content (AvgIpc) is 2.82. The molecule has 8 heteroatoms. The van der Waals surface area contributed by atoms with E-state index in [0.717, 1.165) is 13.1 Å². The molecular weight excluding hydrogens is 424 g/mol. The number of para-hydroxylation sites is 1. The second-order valence-corrected chi connectivity index (χ2v) is 9.91. The number of nitriles is 1. The Morgan fingerprint density at radius 1 is 1.16 bits per heavy atom. The maximum absolute atomic E-state index is 12.8. The third-order valence-electron chi connectivity index (χ3n) is 5.96. The first-order valence-corrected chi connectivity index (χ1v) is 12.4. The number of amides is 1. The first-order valence-electron chi connectivity index (χ1n) is 11.0. The zero-order valence-corrected chi connectivity index (χ0v) is 19.4. The zero-order chi connectivity index (χ0) is 23.1. The van der Waals surface area contributed by atoms with Crippen molar-refractivity contribution in [2.75, 3.05) is 37.6 Å². The number of nitrogens with zero attached hydrogens (tertiary/aromatic N) is 3. The highest BCUT2D eigenvalue weighted by Crippen LogP contribution is 2.24. The lowest BCUT2D eigenvalue weighted by molar-refractivity contribution is -0.126. The fourth-order valence-corrected chi connectivity index (χ4v) is 5.50. The van der Waals surface area contributed by atoms with Crippen molar-refractivity contribution in [2.24, 2.45) is 5.92 Å². The number of sulfonamides is 1. The third-order valence-corrected chi connectivity index (χ3v) is 7.88. The fraction of sp³-hybridized carbons (Fsp3) is 0.417. The summed E-state index contributed by atoms with van der Waals surface area (Å²) >= 11 is 0. The molecule has 1 heterocycles. The van der Waals surface area contributed by atoms with Crippen LogP contribution in [0.3, 0.4) is 0 Å². The van der Waals surface area contributed by atoms with E-state index in [9.17, 15) is 13.2 Å². The van der Waals surface area contributed by atoms with Crippen LogP contribution in [0.1, 0.15) is 30.9 Å². The number of aryl methyl sites for hydroxylation is 1. The molecule has 3 rings (SSSR count). The van der Waals surface area contributed by atoms with Gasteiger partial charge < -0.3 is 10.2 Å². The normalized spacial score (nSPS) is 15.2. The van der Waals surface area contributed by atoms with Crippen LogP contribution < -0.4 is 10.2 Å². The molecule has 0 aromatic heterocycles. The molecule has 1 aliphatic heterocycles. The van der Waals surface area contributed by atoms with E-state index in [1.807, 2.05) is 18.2 Å². The zero-order valence-electron chi connectivity index (χ0n) is 18.6. The van der Waals surface area contributed by atoms with Gasteiger partial charge in [-0.3, -0.25) is 4.79 Å². The maximum Gasteiger partial charge on any atom is 0.243 e. The van der Waals surface area contributed by atoms with Gasteiger partial charge >= 0.3 is 0 Å². The fourth-order valence-electron chi connectivity index (χ4n) is 4.03. The summed E-state index contributed by atoms with van der Waals surface area (Å²) in [7, 11) is -3.62. The van der Waals surface area contributed by atoms with Gasteiger partial charge in [0.25, 0.3) is 0 Å². The SMILES string of the molecule is CCN(CCNC(=O)C1CCN(S(=O)(=O)c2ccc(C#N)cc2)CC1)c1ccccc1C. The molecule has 0 unspecified atom stereocenters. The van der Waals surface area contributed by atoms with Gasteiger partial charge in [-0.1, -0.05) is 18.2 Å². The second kappa shape index (κ2) is 10.6.